The van der Waals surface area contributed by atoms with Gasteiger partial charge in [0.05, 0.1) is 4.47 Å². The molecule has 0 amide bonds. The fourth-order valence-electron chi connectivity index (χ4n) is 1.67. The Morgan fingerprint density at radius 3 is 2.71 bits per heavy atom. The van der Waals surface area contributed by atoms with E-state index in [4.69, 9.17) is 16.3 Å². The molecule has 0 aliphatic carbocycles. The Bertz CT molecular complexity index is 686. The number of carbonyl (C=O) groups excluding carboxylic acids is 1. The molecule has 0 spiro atoms. The summed E-state index contributed by atoms with van der Waals surface area (Å²) in [6, 6.07) is 11.8. The molecule has 2 aromatic rings. The van der Waals surface area contributed by atoms with Gasteiger partial charge in [-0.2, -0.15) is 0 Å². The first kappa shape index (κ1) is 15.7. The molecule has 108 valence electrons. The van der Waals surface area contributed by atoms with Crippen molar-refractivity contribution in [3.63, 3.8) is 0 Å². The predicted octanol–water partition coefficient (Wildman–Crippen LogP) is 4.95. The number of rotatable bonds is 5. The van der Waals surface area contributed by atoms with Gasteiger partial charge in [0.2, 0.25) is 5.24 Å². The molecule has 0 saturated heterocycles. The Hall–Kier alpha value is -1.65. The lowest BCUT2D eigenvalue weighted by Gasteiger charge is -2.09. The smallest absolute Gasteiger partial charge is 0.245 e. The van der Waals surface area contributed by atoms with E-state index in [1.165, 1.54) is 12.1 Å². The minimum Gasteiger partial charge on any atom is -0.488 e. The van der Waals surface area contributed by atoms with Gasteiger partial charge >= 0.3 is 0 Å². The minimum atomic E-state index is -0.536. The molecule has 0 saturated carbocycles. The summed E-state index contributed by atoms with van der Waals surface area (Å²) in [6.45, 7) is 0.140. The van der Waals surface area contributed by atoms with Crippen LogP contribution < -0.4 is 4.74 Å². The standard InChI is InChI=1S/C16H11BrClFO2/c17-13-9-11(6-8-16(18)20)5-7-15(13)21-10-12-3-1-2-4-14(12)19/h1-9H,10H2/b8-6+. The SMILES string of the molecule is O=C(Cl)/C=C/c1ccc(OCc2ccccc2F)c(Br)c1. The molecule has 0 atom stereocenters. The molecule has 2 aromatic carbocycles. The van der Waals surface area contributed by atoms with Crippen LogP contribution in [0.1, 0.15) is 11.1 Å². The molecule has 0 N–H and O–H groups in total. The summed E-state index contributed by atoms with van der Waals surface area (Å²) in [5, 5.41) is -0.536. The number of allylic oxidation sites excluding steroid dienone is 1. The molecule has 2 nitrogen and oxygen atoms in total. The molecule has 0 aliphatic heterocycles. The van der Waals surface area contributed by atoms with E-state index < -0.39 is 5.24 Å². The van der Waals surface area contributed by atoms with Gasteiger partial charge in [0, 0.05) is 5.56 Å². The average Bonchev–Trinajstić information content (AvgIpc) is 2.45. The molecule has 21 heavy (non-hydrogen) atoms. The molecular formula is C16H11BrClFO2. The zero-order valence-corrected chi connectivity index (χ0v) is 13.2. The molecule has 0 aromatic heterocycles. The van der Waals surface area contributed by atoms with Crippen LogP contribution in [-0.2, 0) is 11.4 Å². The summed E-state index contributed by atoms with van der Waals surface area (Å²) in [5.74, 6) is 0.293. The van der Waals surface area contributed by atoms with Gasteiger partial charge in [-0.1, -0.05) is 30.3 Å². The molecule has 0 fully saturated rings. The Morgan fingerprint density at radius 2 is 2.05 bits per heavy atom. The van der Waals surface area contributed by atoms with Crippen LogP contribution >= 0.6 is 27.5 Å². The first-order valence-corrected chi connectivity index (χ1v) is 7.26. The van der Waals surface area contributed by atoms with Gasteiger partial charge < -0.3 is 4.74 Å². The van der Waals surface area contributed by atoms with E-state index in [1.54, 1.807) is 42.5 Å². The van der Waals surface area contributed by atoms with Crippen molar-refractivity contribution in [2.75, 3.05) is 0 Å². The number of carbonyl (C=O) groups is 1. The van der Waals surface area contributed by atoms with E-state index in [0.717, 1.165) is 5.56 Å². The third kappa shape index (κ3) is 4.69. The summed E-state index contributed by atoms with van der Waals surface area (Å²) in [4.78, 5) is 10.7. The monoisotopic (exact) mass is 368 g/mol. The fourth-order valence-corrected chi connectivity index (χ4v) is 2.24. The molecule has 0 radical (unpaired) electrons. The summed E-state index contributed by atoms with van der Waals surface area (Å²) < 4.78 is 19.8. The Labute approximate surface area is 135 Å². The maximum atomic E-state index is 13.5. The van der Waals surface area contributed by atoms with E-state index in [-0.39, 0.29) is 12.4 Å². The highest BCUT2D eigenvalue weighted by atomic mass is 79.9. The van der Waals surface area contributed by atoms with Crippen LogP contribution in [0.5, 0.6) is 5.75 Å². The first-order valence-electron chi connectivity index (χ1n) is 6.09. The van der Waals surface area contributed by atoms with Gasteiger partial charge in [-0.05, 0) is 57.4 Å². The molecule has 0 aliphatic rings. The number of benzene rings is 2. The van der Waals surface area contributed by atoms with E-state index in [9.17, 15) is 9.18 Å². The van der Waals surface area contributed by atoms with Crippen molar-refractivity contribution in [2.45, 2.75) is 6.61 Å². The normalized spacial score (nSPS) is 10.8. The summed E-state index contributed by atoms with van der Waals surface area (Å²) >= 11 is 8.61. The van der Waals surface area contributed by atoms with E-state index >= 15 is 0 Å². The van der Waals surface area contributed by atoms with E-state index in [0.29, 0.717) is 15.8 Å². The highest BCUT2D eigenvalue weighted by molar-refractivity contribution is 9.10. The third-order valence-electron chi connectivity index (χ3n) is 2.70. The first-order chi connectivity index (χ1) is 10.1. The Kier molecular flexibility index (Phi) is 5.53. The molecule has 2 rings (SSSR count). The largest absolute Gasteiger partial charge is 0.488 e. The van der Waals surface area contributed by atoms with Crippen LogP contribution in [0.2, 0.25) is 0 Å². The zero-order chi connectivity index (χ0) is 15.2. The highest BCUT2D eigenvalue weighted by Crippen LogP contribution is 2.27. The maximum Gasteiger partial charge on any atom is 0.245 e. The van der Waals surface area contributed by atoms with Gasteiger partial charge in [0.25, 0.3) is 0 Å². The average molecular weight is 370 g/mol. The van der Waals surface area contributed by atoms with Crippen molar-refractivity contribution in [2.24, 2.45) is 0 Å². The maximum absolute atomic E-state index is 13.5. The Balaban J connectivity index is 2.08. The van der Waals surface area contributed by atoms with Gasteiger partial charge in [-0.15, -0.1) is 0 Å². The molecule has 0 unspecified atom stereocenters. The summed E-state index contributed by atoms with van der Waals surface area (Å²) in [6.07, 6.45) is 2.87. The van der Waals surface area contributed by atoms with Crippen LogP contribution in [-0.4, -0.2) is 5.24 Å². The fraction of sp³-hybridized carbons (Fsp3) is 0.0625. The van der Waals surface area contributed by atoms with Crippen molar-refractivity contribution < 1.29 is 13.9 Å². The third-order valence-corrected chi connectivity index (χ3v) is 3.45. The van der Waals surface area contributed by atoms with Crippen molar-refractivity contribution in [3.8, 4) is 5.75 Å². The van der Waals surface area contributed by atoms with Crippen LogP contribution in [0.25, 0.3) is 6.08 Å². The van der Waals surface area contributed by atoms with Gasteiger partial charge in [-0.3, -0.25) is 4.79 Å². The van der Waals surface area contributed by atoms with Crippen molar-refractivity contribution in [1.29, 1.82) is 0 Å². The van der Waals surface area contributed by atoms with Crippen molar-refractivity contribution in [3.05, 3.63) is 70.0 Å². The van der Waals surface area contributed by atoms with Gasteiger partial charge in [0.15, 0.2) is 0 Å². The number of hydrogen-bond donors (Lipinski definition) is 0. The lowest BCUT2D eigenvalue weighted by Crippen LogP contribution is -1.98. The number of ether oxygens (including phenoxy) is 1. The number of halogens is 3. The van der Waals surface area contributed by atoms with Crippen LogP contribution in [0, 0.1) is 5.82 Å². The summed E-state index contributed by atoms with van der Waals surface area (Å²) in [5.41, 5.74) is 1.29. The molecule has 0 heterocycles. The minimum absolute atomic E-state index is 0.140. The van der Waals surface area contributed by atoms with Crippen molar-refractivity contribution in [1.82, 2.24) is 0 Å². The Morgan fingerprint density at radius 1 is 1.29 bits per heavy atom. The zero-order valence-electron chi connectivity index (χ0n) is 10.9. The van der Waals surface area contributed by atoms with Crippen LogP contribution in [0.4, 0.5) is 4.39 Å². The van der Waals surface area contributed by atoms with E-state index in [1.807, 2.05) is 0 Å². The van der Waals surface area contributed by atoms with Crippen molar-refractivity contribution >= 4 is 38.8 Å². The highest BCUT2D eigenvalue weighted by Gasteiger charge is 2.05. The van der Waals surface area contributed by atoms with Crippen LogP contribution in [0.3, 0.4) is 0 Å². The van der Waals surface area contributed by atoms with Gasteiger partial charge in [0.1, 0.15) is 18.2 Å². The van der Waals surface area contributed by atoms with E-state index in [2.05, 4.69) is 15.9 Å². The topological polar surface area (TPSA) is 26.3 Å². The predicted molar refractivity (Wildman–Crippen MR) is 84.8 cm³/mol. The lowest BCUT2D eigenvalue weighted by molar-refractivity contribution is -0.107. The quantitative estimate of drug-likeness (QED) is 0.551. The molecule has 5 heteroatoms. The second-order valence-corrected chi connectivity index (χ2v) is 5.43. The van der Waals surface area contributed by atoms with Crippen LogP contribution in [0.15, 0.2) is 53.0 Å². The second kappa shape index (κ2) is 7.38. The number of hydrogen-bond acceptors (Lipinski definition) is 2. The summed E-state index contributed by atoms with van der Waals surface area (Å²) in [7, 11) is 0. The second-order valence-electron chi connectivity index (χ2n) is 4.21. The lowest BCUT2D eigenvalue weighted by atomic mass is 10.2. The molecule has 0 bridgehead atoms. The van der Waals surface area contributed by atoms with Gasteiger partial charge in [-0.25, -0.2) is 4.39 Å². The molecular weight excluding hydrogens is 359 g/mol.